The molecule has 0 unspecified atom stereocenters. The van der Waals surface area contributed by atoms with E-state index in [0.717, 1.165) is 16.9 Å². The van der Waals surface area contributed by atoms with Crippen LogP contribution < -0.4 is 5.32 Å². The Bertz CT molecular complexity index is 1770. The molecule has 3 aromatic rings. The highest BCUT2D eigenvalue weighted by Crippen LogP contribution is 2.68. The van der Waals surface area contributed by atoms with Crippen LogP contribution in [0, 0.1) is 15.5 Å². The number of anilines is 1. The molecule has 9 heteroatoms. The zero-order chi connectivity index (χ0) is 32.5. The number of nitro groups is 1. The number of nitrogens with one attached hydrogen (secondary N) is 1. The minimum Gasteiger partial charge on any atom is -0.324 e. The fourth-order valence-corrected chi connectivity index (χ4v) is 9.91. The van der Waals surface area contributed by atoms with Gasteiger partial charge in [0.2, 0.25) is 0 Å². The molecule has 3 saturated heterocycles. The van der Waals surface area contributed by atoms with Gasteiger partial charge in [-0.25, -0.2) is 0 Å². The molecule has 0 saturated carbocycles. The Hall–Kier alpha value is -3.79. The van der Waals surface area contributed by atoms with Gasteiger partial charge in [-0.15, -0.1) is 11.8 Å². The molecule has 0 aromatic heterocycles. The Morgan fingerprint density at radius 3 is 2.26 bits per heavy atom. The van der Waals surface area contributed by atoms with Crippen molar-refractivity contribution in [3.05, 3.63) is 110 Å². The number of likely N-dealkylation sites (N-methyl/N-ethyl adjacent to an activating group) is 1. The molecule has 4 aliphatic heterocycles. The van der Waals surface area contributed by atoms with E-state index in [9.17, 15) is 14.9 Å². The quantitative estimate of drug-likeness (QED) is 0.188. The molecule has 4 heterocycles. The third-order valence-corrected chi connectivity index (χ3v) is 11.7. The van der Waals surface area contributed by atoms with Crippen molar-refractivity contribution >= 4 is 40.9 Å². The third-order valence-electron chi connectivity index (χ3n) is 10.7. The number of amides is 1. The Kier molecular flexibility index (Phi) is 7.49. The van der Waals surface area contributed by atoms with Gasteiger partial charge in [-0.2, -0.15) is 0 Å². The normalized spacial score (nSPS) is 28.5. The fraction of sp³-hybridized carbons (Fsp3) is 0.405. The number of nitro benzene ring substituents is 1. The molecule has 46 heavy (non-hydrogen) atoms. The molecule has 8 nitrogen and oxygen atoms in total. The zero-order valence-electron chi connectivity index (χ0n) is 26.9. The van der Waals surface area contributed by atoms with E-state index < -0.39 is 15.9 Å². The van der Waals surface area contributed by atoms with Crippen LogP contribution in [0.25, 0.3) is 6.08 Å². The van der Waals surface area contributed by atoms with Gasteiger partial charge in [0, 0.05) is 65.6 Å². The van der Waals surface area contributed by atoms with Gasteiger partial charge in [-0.1, -0.05) is 76.2 Å². The number of piperidine rings is 1. The minimum absolute atomic E-state index is 0.0506. The van der Waals surface area contributed by atoms with Crippen LogP contribution in [0.5, 0.6) is 0 Å². The topological polar surface area (TPSA) is 95.8 Å². The van der Waals surface area contributed by atoms with E-state index >= 15 is 4.79 Å². The van der Waals surface area contributed by atoms with E-state index in [2.05, 4.69) is 91.3 Å². The van der Waals surface area contributed by atoms with Crippen molar-refractivity contribution < 1.29 is 14.5 Å². The average molecular weight is 637 g/mol. The highest BCUT2D eigenvalue weighted by atomic mass is 32.2. The molecule has 3 aromatic carbocycles. The molecule has 0 radical (unpaired) electrons. The van der Waals surface area contributed by atoms with E-state index in [0.29, 0.717) is 47.6 Å². The number of benzene rings is 3. The Morgan fingerprint density at radius 1 is 0.978 bits per heavy atom. The molecule has 238 valence electrons. The second-order valence-corrected chi connectivity index (χ2v) is 15.0. The zero-order valence-corrected chi connectivity index (χ0v) is 27.8. The summed E-state index contributed by atoms with van der Waals surface area (Å²) in [7, 11) is 2.01. The van der Waals surface area contributed by atoms with Gasteiger partial charge in [-0.05, 0) is 53.3 Å². The molecule has 0 aliphatic carbocycles. The first kappa shape index (κ1) is 30.8. The maximum atomic E-state index is 15.6. The first-order valence-corrected chi connectivity index (χ1v) is 17.2. The molecule has 3 fully saturated rings. The van der Waals surface area contributed by atoms with Crippen LogP contribution in [0.1, 0.15) is 73.3 Å². The van der Waals surface area contributed by atoms with Crippen LogP contribution in [0.15, 0.2) is 72.3 Å². The first-order chi connectivity index (χ1) is 22.0. The number of hydrogen-bond acceptors (Lipinski definition) is 7. The van der Waals surface area contributed by atoms with Crippen molar-refractivity contribution in [3.8, 4) is 0 Å². The number of nitrogens with zero attached hydrogens (tertiary/aromatic N) is 3. The number of non-ortho nitro benzene ring substituents is 1. The Labute approximate surface area is 274 Å². The summed E-state index contributed by atoms with van der Waals surface area (Å²) < 4.78 is 0. The van der Waals surface area contributed by atoms with Gasteiger partial charge in [0.05, 0.1) is 10.3 Å². The second kappa shape index (κ2) is 11.2. The number of carbonyl (C=O) groups is 2. The molecule has 2 spiro atoms. The standard InChI is InChI=1S/C37H40N4O4S/c1-22(2)25-8-6-24(7-9-25)16-28-18-39(5)20-36(34(28)42)33(27-12-10-26(11-13-27)23(3)4)32-19-46-21-40(32)37(36)30-17-29(41(44)45)14-15-31(30)38-35(37)43/h6-17,22-23,32-33H,18-21H2,1-5H3,(H,38,43)/b28-16+/t32-,33-,36-,37-/m0/s1. The maximum Gasteiger partial charge on any atom is 0.269 e. The second-order valence-electron chi connectivity index (χ2n) is 14.0. The van der Waals surface area contributed by atoms with Crippen molar-refractivity contribution in [3.63, 3.8) is 0 Å². The summed E-state index contributed by atoms with van der Waals surface area (Å²) in [4.78, 5) is 46.4. The third kappa shape index (κ3) is 4.35. The number of thioether (sulfide) groups is 1. The van der Waals surface area contributed by atoms with Crippen LogP contribution >= 0.6 is 11.8 Å². The largest absolute Gasteiger partial charge is 0.324 e. The van der Waals surface area contributed by atoms with E-state index in [-0.39, 0.29) is 29.3 Å². The van der Waals surface area contributed by atoms with Crippen LogP contribution in [-0.4, -0.2) is 64.2 Å². The number of rotatable bonds is 5. The van der Waals surface area contributed by atoms with Crippen LogP contribution in [-0.2, 0) is 15.1 Å². The predicted molar refractivity (Wildman–Crippen MR) is 183 cm³/mol. The number of hydrogen-bond donors (Lipinski definition) is 1. The number of carbonyl (C=O) groups excluding carboxylic acids is 2. The number of fused-ring (bicyclic) bond motifs is 5. The van der Waals surface area contributed by atoms with Crippen LogP contribution in [0.2, 0.25) is 0 Å². The van der Waals surface area contributed by atoms with Gasteiger partial charge in [-0.3, -0.25) is 24.6 Å². The van der Waals surface area contributed by atoms with Crippen molar-refractivity contribution in [2.75, 3.05) is 37.1 Å². The van der Waals surface area contributed by atoms with Gasteiger partial charge < -0.3 is 10.2 Å². The summed E-state index contributed by atoms with van der Waals surface area (Å²) in [5.74, 6) is 1.40. The molecule has 7 rings (SSSR count). The number of Topliss-reactive ketones (excluding diaryl/α,β-unsaturated/α-hetero) is 1. The smallest absolute Gasteiger partial charge is 0.269 e. The molecular formula is C37H40N4O4S. The van der Waals surface area contributed by atoms with Gasteiger partial charge >= 0.3 is 0 Å². The highest BCUT2D eigenvalue weighted by molar-refractivity contribution is 7.99. The lowest BCUT2D eigenvalue weighted by molar-refractivity contribution is -0.385. The monoisotopic (exact) mass is 636 g/mol. The summed E-state index contributed by atoms with van der Waals surface area (Å²) in [6, 6.07) is 21.4. The van der Waals surface area contributed by atoms with E-state index in [1.165, 1.54) is 23.3 Å². The molecule has 1 N–H and O–H groups in total. The van der Waals surface area contributed by atoms with Gasteiger partial charge in [0.1, 0.15) is 5.54 Å². The van der Waals surface area contributed by atoms with Crippen molar-refractivity contribution in [2.24, 2.45) is 5.41 Å². The van der Waals surface area contributed by atoms with Crippen molar-refractivity contribution in [1.29, 1.82) is 0 Å². The molecular weight excluding hydrogens is 596 g/mol. The van der Waals surface area contributed by atoms with Gasteiger partial charge in [0.15, 0.2) is 5.78 Å². The fourth-order valence-electron chi connectivity index (χ4n) is 8.61. The van der Waals surface area contributed by atoms with Crippen molar-refractivity contribution in [2.45, 2.75) is 57.0 Å². The Balaban J connectivity index is 1.50. The lowest BCUT2D eigenvalue weighted by Crippen LogP contribution is -2.65. The lowest BCUT2D eigenvalue weighted by atomic mass is 9.55. The summed E-state index contributed by atoms with van der Waals surface area (Å²) in [5, 5.41) is 15.2. The minimum atomic E-state index is -1.42. The maximum absolute atomic E-state index is 15.6. The van der Waals surface area contributed by atoms with E-state index in [4.69, 9.17) is 0 Å². The average Bonchev–Trinajstić information content (AvgIpc) is 3.67. The van der Waals surface area contributed by atoms with Crippen molar-refractivity contribution in [1.82, 2.24) is 9.80 Å². The summed E-state index contributed by atoms with van der Waals surface area (Å²) in [6.45, 7) is 9.43. The predicted octanol–water partition coefficient (Wildman–Crippen LogP) is 6.75. The van der Waals surface area contributed by atoms with Crippen LogP contribution in [0.4, 0.5) is 11.4 Å². The summed E-state index contributed by atoms with van der Waals surface area (Å²) in [6.07, 6.45) is 1.98. The molecule has 0 bridgehead atoms. The van der Waals surface area contributed by atoms with E-state index in [1.54, 1.807) is 17.8 Å². The highest BCUT2D eigenvalue weighted by Gasteiger charge is 2.78. The summed E-state index contributed by atoms with van der Waals surface area (Å²) in [5.41, 5.74) is 3.37. The lowest BCUT2D eigenvalue weighted by Gasteiger charge is -2.51. The molecule has 1 amide bonds. The molecule has 4 atom stereocenters. The number of likely N-dealkylation sites (tertiary alicyclic amines) is 1. The number of ketones is 1. The van der Waals surface area contributed by atoms with E-state index in [1.807, 2.05) is 13.1 Å². The van der Waals surface area contributed by atoms with Crippen LogP contribution in [0.3, 0.4) is 0 Å². The SMILES string of the molecule is CC(C)c1ccc(/C=C2\CN(C)C[C@@]3(C2=O)[C@@H](c2ccc(C(C)C)cc2)[C@@H]2CSCN2[C@@]32C(=O)Nc3ccc([N+](=O)[O-])cc32)cc1. The Morgan fingerprint density at radius 2 is 1.63 bits per heavy atom. The summed E-state index contributed by atoms with van der Waals surface area (Å²) >= 11 is 1.75. The molecule has 4 aliphatic rings. The van der Waals surface area contributed by atoms with Gasteiger partial charge in [0.25, 0.3) is 11.6 Å². The first-order valence-electron chi connectivity index (χ1n) is 16.1.